The van der Waals surface area contributed by atoms with Crippen LogP contribution < -0.4 is 0 Å². The van der Waals surface area contributed by atoms with Crippen molar-refractivity contribution in [3.63, 3.8) is 0 Å². The summed E-state index contributed by atoms with van der Waals surface area (Å²) in [6.45, 7) is 19.7. The molecule has 0 amide bonds. The van der Waals surface area contributed by atoms with Crippen molar-refractivity contribution >= 4 is 0 Å². The van der Waals surface area contributed by atoms with Gasteiger partial charge in [0.1, 0.15) is 0 Å². The van der Waals surface area contributed by atoms with Crippen LogP contribution in [0.3, 0.4) is 0 Å². The zero-order valence-corrected chi connectivity index (χ0v) is 16.0. The summed E-state index contributed by atoms with van der Waals surface area (Å²) >= 11 is 0. The molecule has 1 aromatic heterocycles. The fourth-order valence-corrected chi connectivity index (χ4v) is 4.01. The van der Waals surface area contributed by atoms with Gasteiger partial charge in [-0.05, 0) is 62.3 Å². The molecule has 0 aliphatic carbocycles. The van der Waals surface area contributed by atoms with Crippen molar-refractivity contribution in [2.24, 2.45) is 5.92 Å². The van der Waals surface area contributed by atoms with Crippen molar-refractivity contribution in [2.45, 2.75) is 79.2 Å². The highest BCUT2D eigenvalue weighted by atomic mass is 15.1. The maximum Gasteiger partial charge on any atom is 0.0470 e. The minimum Gasteiger partial charge on any atom is -0.302 e. The Balaban J connectivity index is 2.81. The van der Waals surface area contributed by atoms with E-state index in [1.165, 1.54) is 17.0 Å². The number of aryl methyl sites for hydroxylation is 1. The van der Waals surface area contributed by atoms with Crippen LogP contribution in [-0.4, -0.2) is 29.5 Å². The highest BCUT2D eigenvalue weighted by Crippen LogP contribution is 2.43. The molecule has 1 unspecified atom stereocenters. The Morgan fingerprint density at radius 2 is 1.64 bits per heavy atom. The number of hydrogen-bond donors (Lipinski definition) is 0. The van der Waals surface area contributed by atoms with Gasteiger partial charge in [-0.15, -0.1) is 0 Å². The van der Waals surface area contributed by atoms with E-state index in [0.717, 1.165) is 6.54 Å². The van der Waals surface area contributed by atoms with Gasteiger partial charge in [0.25, 0.3) is 0 Å². The summed E-state index contributed by atoms with van der Waals surface area (Å²) in [4.78, 5) is 7.58. The fourth-order valence-electron chi connectivity index (χ4n) is 4.01. The van der Waals surface area contributed by atoms with Gasteiger partial charge in [0.2, 0.25) is 0 Å². The molecular formula is C20H34N2. The van der Waals surface area contributed by atoms with E-state index in [1.807, 2.05) is 0 Å². The van der Waals surface area contributed by atoms with Crippen LogP contribution in [0.15, 0.2) is 0 Å². The number of nitrogens with zero attached hydrogens (tertiary/aromatic N) is 2. The molecule has 22 heavy (non-hydrogen) atoms. The third kappa shape index (κ3) is 2.82. The van der Waals surface area contributed by atoms with E-state index in [2.05, 4.69) is 67.3 Å². The van der Waals surface area contributed by atoms with Crippen molar-refractivity contribution in [3.05, 3.63) is 28.1 Å². The Morgan fingerprint density at radius 3 is 2.14 bits per heavy atom. The Labute approximate surface area is 137 Å². The molecule has 0 fully saturated rings. The first-order chi connectivity index (χ1) is 10.2. The van der Waals surface area contributed by atoms with Crippen molar-refractivity contribution in [2.75, 3.05) is 13.6 Å². The summed E-state index contributed by atoms with van der Waals surface area (Å²) in [7, 11) is 2.28. The predicted molar refractivity (Wildman–Crippen MR) is 95.9 cm³/mol. The Morgan fingerprint density at radius 1 is 1.05 bits per heavy atom. The van der Waals surface area contributed by atoms with Crippen molar-refractivity contribution in [1.29, 1.82) is 0 Å². The maximum atomic E-state index is 5.03. The van der Waals surface area contributed by atoms with E-state index in [1.54, 1.807) is 11.1 Å². The molecule has 2 heteroatoms. The summed E-state index contributed by atoms with van der Waals surface area (Å²) < 4.78 is 0. The lowest BCUT2D eigenvalue weighted by atomic mass is 9.78. The first kappa shape index (κ1) is 17.5. The van der Waals surface area contributed by atoms with E-state index in [-0.39, 0.29) is 0 Å². The van der Waals surface area contributed by atoms with Gasteiger partial charge in [-0.3, -0.25) is 4.98 Å². The molecule has 0 radical (unpaired) electrons. The first-order valence-corrected chi connectivity index (χ1v) is 8.87. The second-order valence-electron chi connectivity index (χ2n) is 8.01. The number of pyridine rings is 1. The minimum atomic E-state index is 0.486. The molecular weight excluding hydrogens is 268 g/mol. The average Bonchev–Trinajstić information content (AvgIpc) is 2.53. The van der Waals surface area contributed by atoms with Crippen LogP contribution in [-0.2, 0) is 0 Å². The Hall–Kier alpha value is -0.890. The minimum absolute atomic E-state index is 0.486. The van der Waals surface area contributed by atoms with Crippen LogP contribution in [0.5, 0.6) is 0 Å². The van der Waals surface area contributed by atoms with Crippen molar-refractivity contribution < 1.29 is 0 Å². The summed E-state index contributed by atoms with van der Waals surface area (Å²) in [6, 6.07) is 0.572. The molecule has 1 aliphatic rings. The molecule has 0 aromatic carbocycles. The highest BCUT2D eigenvalue weighted by molar-refractivity contribution is 5.46. The monoisotopic (exact) mass is 302 g/mol. The van der Waals surface area contributed by atoms with Crippen LogP contribution in [0.2, 0.25) is 0 Å². The smallest absolute Gasteiger partial charge is 0.0470 e. The third-order valence-corrected chi connectivity index (χ3v) is 5.88. The Kier molecular flexibility index (Phi) is 5.01. The van der Waals surface area contributed by atoms with E-state index < -0.39 is 0 Å². The van der Waals surface area contributed by atoms with Crippen molar-refractivity contribution in [1.82, 2.24) is 9.88 Å². The second-order valence-corrected chi connectivity index (χ2v) is 8.01. The second kappa shape index (κ2) is 6.31. The standard InChI is InChI=1S/C20H34N2/c1-11(2)17-10-22(9)16(8)14(6)18-13(5)15(7)21-20(12(3)4)19(17)18/h11-12,14,16-17H,10H2,1-9H3/t14-,16+,17?/m0/s1. The number of fused-ring (bicyclic) bond motifs is 1. The van der Waals surface area contributed by atoms with E-state index >= 15 is 0 Å². The zero-order valence-electron chi connectivity index (χ0n) is 16.0. The lowest BCUT2D eigenvalue weighted by Crippen LogP contribution is -2.34. The number of likely N-dealkylation sites (N-methyl/N-ethyl adjacent to an activating group) is 1. The Bertz CT molecular complexity index is 545. The van der Waals surface area contributed by atoms with Gasteiger partial charge in [0.15, 0.2) is 0 Å². The SMILES string of the molecule is Cc1nc(C(C)C)c2c(c1C)[C@@H](C)[C@@H](C)N(C)CC2C(C)C. The number of aromatic nitrogens is 1. The molecule has 2 heterocycles. The summed E-state index contributed by atoms with van der Waals surface area (Å²) in [6.07, 6.45) is 0. The zero-order chi connectivity index (χ0) is 16.8. The van der Waals surface area contributed by atoms with Crippen LogP contribution in [0.4, 0.5) is 0 Å². The van der Waals surface area contributed by atoms with Gasteiger partial charge in [-0.2, -0.15) is 0 Å². The summed E-state index contributed by atoms with van der Waals surface area (Å²) in [5.74, 6) is 2.26. The lowest BCUT2D eigenvalue weighted by Gasteiger charge is -2.29. The van der Waals surface area contributed by atoms with Crippen LogP contribution >= 0.6 is 0 Å². The highest BCUT2D eigenvalue weighted by Gasteiger charge is 2.35. The summed E-state index contributed by atoms with van der Waals surface area (Å²) in [5, 5.41) is 0. The molecule has 124 valence electrons. The normalized spacial score (nSPS) is 26.4. The van der Waals surface area contributed by atoms with Crippen molar-refractivity contribution in [3.8, 4) is 0 Å². The number of hydrogen-bond acceptors (Lipinski definition) is 2. The molecule has 3 atom stereocenters. The molecule has 1 aromatic rings. The van der Waals surface area contributed by atoms with Crippen LogP contribution in [0.1, 0.15) is 87.4 Å². The summed E-state index contributed by atoms with van der Waals surface area (Å²) in [5.41, 5.74) is 7.13. The van der Waals surface area contributed by atoms with Gasteiger partial charge in [-0.25, -0.2) is 0 Å². The predicted octanol–water partition coefficient (Wildman–Crippen LogP) is 5.00. The van der Waals surface area contributed by atoms with E-state index in [9.17, 15) is 0 Å². The maximum absolute atomic E-state index is 5.03. The quantitative estimate of drug-likeness (QED) is 0.764. The molecule has 0 N–H and O–H groups in total. The van der Waals surface area contributed by atoms with Gasteiger partial charge < -0.3 is 4.90 Å². The third-order valence-electron chi connectivity index (χ3n) is 5.88. The van der Waals surface area contributed by atoms with Gasteiger partial charge in [0, 0.05) is 29.9 Å². The molecule has 0 saturated carbocycles. The molecule has 0 saturated heterocycles. The topological polar surface area (TPSA) is 16.1 Å². The van der Waals surface area contributed by atoms with Crippen LogP contribution in [0.25, 0.3) is 0 Å². The van der Waals surface area contributed by atoms with Gasteiger partial charge in [0.05, 0.1) is 0 Å². The van der Waals surface area contributed by atoms with E-state index in [0.29, 0.717) is 29.7 Å². The van der Waals surface area contributed by atoms with Crippen LogP contribution in [0, 0.1) is 19.8 Å². The van der Waals surface area contributed by atoms with Gasteiger partial charge >= 0.3 is 0 Å². The molecule has 0 spiro atoms. The molecule has 1 aliphatic heterocycles. The first-order valence-electron chi connectivity index (χ1n) is 8.87. The molecule has 2 rings (SSSR count). The average molecular weight is 303 g/mol. The lowest BCUT2D eigenvalue weighted by molar-refractivity contribution is 0.216. The largest absolute Gasteiger partial charge is 0.302 e. The van der Waals surface area contributed by atoms with Gasteiger partial charge in [-0.1, -0.05) is 34.6 Å². The molecule has 0 bridgehead atoms. The number of rotatable bonds is 2. The van der Waals surface area contributed by atoms with E-state index in [4.69, 9.17) is 4.98 Å². The fraction of sp³-hybridized carbons (Fsp3) is 0.750. The molecule has 2 nitrogen and oxygen atoms in total.